The molecule has 0 aromatic heterocycles. The third-order valence-corrected chi connectivity index (χ3v) is 1.81. The summed E-state index contributed by atoms with van der Waals surface area (Å²) in [6.45, 7) is 0. The summed E-state index contributed by atoms with van der Waals surface area (Å²) < 4.78 is 0. The lowest BCUT2D eigenvalue weighted by Gasteiger charge is -2.17. The van der Waals surface area contributed by atoms with Gasteiger partial charge in [0.05, 0.1) is 0 Å². The molecule has 0 spiro atoms. The summed E-state index contributed by atoms with van der Waals surface area (Å²) in [6.07, 6.45) is 3.42. The Balaban J connectivity index is 2.47. The van der Waals surface area contributed by atoms with Crippen molar-refractivity contribution >= 4 is 12.6 Å². The van der Waals surface area contributed by atoms with Crippen molar-refractivity contribution in [2.45, 2.75) is 19.3 Å². The summed E-state index contributed by atoms with van der Waals surface area (Å²) in [7, 11) is 0. The topological polar surface area (TPSA) is 20.2 Å². The second-order valence-corrected chi connectivity index (χ2v) is 2.38. The molecule has 8 heavy (non-hydrogen) atoms. The molecule has 0 aromatic carbocycles. The minimum Gasteiger partial charge on any atom is -0.512 e. The second-order valence-electron chi connectivity index (χ2n) is 2.06. The van der Waals surface area contributed by atoms with Gasteiger partial charge in [-0.05, 0) is 24.8 Å². The van der Waals surface area contributed by atoms with Crippen LogP contribution in [-0.2, 0) is 0 Å². The van der Waals surface area contributed by atoms with Crippen LogP contribution in [0.15, 0.2) is 11.3 Å². The van der Waals surface area contributed by atoms with Crippen molar-refractivity contribution in [1.29, 1.82) is 0 Å². The first kappa shape index (κ1) is 6.02. The van der Waals surface area contributed by atoms with E-state index in [4.69, 9.17) is 5.11 Å². The minimum absolute atomic E-state index is 0.500. The van der Waals surface area contributed by atoms with E-state index in [1.54, 1.807) is 0 Å². The number of thiol groups is 1. The van der Waals surface area contributed by atoms with E-state index in [0.717, 1.165) is 12.8 Å². The maximum atomic E-state index is 8.98. The molecule has 0 unspecified atom stereocenters. The first-order valence-corrected chi connectivity index (χ1v) is 3.48. The minimum atomic E-state index is 0.500. The molecule has 0 bridgehead atoms. The van der Waals surface area contributed by atoms with Gasteiger partial charge in [-0.3, -0.25) is 0 Å². The van der Waals surface area contributed by atoms with Crippen LogP contribution in [0.25, 0.3) is 0 Å². The Morgan fingerprint density at radius 2 is 2.25 bits per heavy atom. The van der Waals surface area contributed by atoms with Crippen LogP contribution >= 0.6 is 12.6 Å². The van der Waals surface area contributed by atoms with Gasteiger partial charge in [0.15, 0.2) is 0 Å². The molecule has 1 N–H and O–H groups in total. The van der Waals surface area contributed by atoms with Gasteiger partial charge in [0, 0.05) is 5.75 Å². The van der Waals surface area contributed by atoms with Gasteiger partial charge in [-0.1, -0.05) is 0 Å². The van der Waals surface area contributed by atoms with E-state index < -0.39 is 0 Å². The standard InChI is InChI=1S/C6H10OS/c7-6(4-8)5-2-1-3-5/h7-8H,1-4H2. The van der Waals surface area contributed by atoms with Crippen LogP contribution < -0.4 is 0 Å². The van der Waals surface area contributed by atoms with E-state index in [-0.39, 0.29) is 0 Å². The number of allylic oxidation sites excluding steroid dienone is 1. The predicted molar refractivity (Wildman–Crippen MR) is 37.4 cm³/mol. The molecule has 1 aliphatic rings. The van der Waals surface area contributed by atoms with E-state index in [1.165, 1.54) is 12.0 Å². The van der Waals surface area contributed by atoms with Crippen LogP contribution in [0.2, 0.25) is 0 Å². The molecule has 1 rings (SSSR count). The maximum Gasteiger partial charge on any atom is 0.101 e. The summed E-state index contributed by atoms with van der Waals surface area (Å²) >= 11 is 3.93. The highest BCUT2D eigenvalue weighted by Crippen LogP contribution is 2.27. The third-order valence-electron chi connectivity index (χ3n) is 1.51. The Bertz CT molecular complexity index is 106. The van der Waals surface area contributed by atoms with E-state index >= 15 is 0 Å². The lowest BCUT2D eigenvalue weighted by atomic mass is 9.92. The van der Waals surface area contributed by atoms with Gasteiger partial charge in [0.1, 0.15) is 5.76 Å². The molecule has 1 nitrogen and oxygen atoms in total. The van der Waals surface area contributed by atoms with Crippen molar-refractivity contribution in [3.63, 3.8) is 0 Å². The summed E-state index contributed by atoms with van der Waals surface area (Å²) in [6, 6.07) is 0. The van der Waals surface area contributed by atoms with Crippen molar-refractivity contribution in [2.75, 3.05) is 5.75 Å². The van der Waals surface area contributed by atoms with Gasteiger partial charge < -0.3 is 5.11 Å². The van der Waals surface area contributed by atoms with Gasteiger partial charge in [-0.15, -0.1) is 0 Å². The molecule has 1 saturated carbocycles. The van der Waals surface area contributed by atoms with Crippen LogP contribution in [0.3, 0.4) is 0 Å². The number of aliphatic hydroxyl groups is 1. The van der Waals surface area contributed by atoms with Crippen LogP contribution in [0.5, 0.6) is 0 Å². The highest BCUT2D eigenvalue weighted by Gasteiger charge is 2.11. The average Bonchev–Trinajstić information content (AvgIpc) is 1.62. The quantitative estimate of drug-likeness (QED) is 0.410. The van der Waals surface area contributed by atoms with Crippen LogP contribution in [0, 0.1) is 0 Å². The molecule has 0 radical (unpaired) electrons. The zero-order valence-corrected chi connectivity index (χ0v) is 5.62. The van der Waals surface area contributed by atoms with E-state index in [9.17, 15) is 0 Å². The van der Waals surface area contributed by atoms with Crippen LogP contribution in [0.1, 0.15) is 19.3 Å². The fraction of sp³-hybridized carbons (Fsp3) is 0.667. The smallest absolute Gasteiger partial charge is 0.101 e. The molecule has 0 amide bonds. The highest BCUT2D eigenvalue weighted by atomic mass is 32.1. The SMILES string of the molecule is OC(CS)=C1CCC1. The third kappa shape index (κ3) is 0.996. The zero-order valence-electron chi connectivity index (χ0n) is 4.72. The fourth-order valence-electron chi connectivity index (χ4n) is 0.754. The number of hydrogen-bond acceptors (Lipinski definition) is 2. The molecule has 0 heterocycles. The lowest BCUT2D eigenvalue weighted by molar-refractivity contribution is 0.392. The van der Waals surface area contributed by atoms with Crippen molar-refractivity contribution in [2.24, 2.45) is 0 Å². The summed E-state index contributed by atoms with van der Waals surface area (Å²) in [5.74, 6) is 1.01. The van der Waals surface area contributed by atoms with E-state index in [2.05, 4.69) is 12.6 Å². The van der Waals surface area contributed by atoms with Gasteiger partial charge in [-0.2, -0.15) is 12.6 Å². The van der Waals surface area contributed by atoms with Crippen molar-refractivity contribution in [1.82, 2.24) is 0 Å². The normalized spacial score (nSPS) is 17.9. The lowest BCUT2D eigenvalue weighted by Crippen LogP contribution is -2.02. The van der Waals surface area contributed by atoms with Crippen LogP contribution in [-0.4, -0.2) is 10.9 Å². The Morgan fingerprint density at radius 1 is 1.62 bits per heavy atom. The monoisotopic (exact) mass is 130 g/mol. The van der Waals surface area contributed by atoms with E-state index in [0.29, 0.717) is 11.5 Å². The Hall–Kier alpha value is -0.110. The number of rotatable bonds is 1. The molecule has 0 aliphatic heterocycles. The average molecular weight is 130 g/mol. The number of hydrogen-bond donors (Lipinski definition) is 2. The summed E-state index contributed by atoms with van der Waals surface area (Å²) in [5, 5.41) is 8.98. The summed E-state index contributed by atoms with van der Waals surface area (Å²) in [4.78, 5) is 0. The Morgan fingerprint density at radius 3 is 2.38 bits per heavy atom. The summed E-state index contributed by atoms with van der Waals surface area (Å²) in [5.41, 5.74) is 1.21. The zero-order chi connectivity index (χ0) is 5.98. The van der Waals surface area contributed by atoms with Crippen molar-refractivity contribution in [3.05, 3.63) is 11.3 Å². The number of aliphatic hydroxyl groups excluding tert-OH is 1. The Kier molecular flexibility index (Phi) is 1.84. The molecule has 2 heteroatoms. The fourth-order valence-corrected chi connectivity index (χ4v) is 0.978. The van der Waals surface area contributed by atoms with Gasteiger partial charge in [0.25, 0.3) is 0 Å². The molecule has 0 saturated heterocycles. The first-order valence-electron chi connectivity index (χ1n) is 2.85. The largest absolute Gasteiger partial charge is 0.512 e. The molecule has 0 aromatic rings. The highest BCUT2D eigenvalue weighted by molar-refractivity contribution is 7.80. The van der Waals surface area contributed by atoms with Gasteiger partial charge in [-0.25, -0.2) is 0 Å². The van der Waals surface area contributed by atoms with Crippen molar-refractivity contribution < 1.29 is 5.11 Å². The molecular weight excluding hydrogens is 120 g/mol. The molecular formula is C6H10OS. The molecule has 1 aliphatic carbocycles. The first-order chi connectivity index (χ1) is 3.84. The molecule has 1 fully saturated rings. The molecule has 46 valence electrons. The van der Waals surface area contributed by atoms with E-state index in [1.807, 2.05) is 0 Å². The second kappa shape index (κ2) is 2.44. The van der Waals surface area contributed by atoms with Gasteiger partial charge in [0.2, 0.25) is 0 Å². The maximum absolute atomic E-state index is 8.98. The van der Waals surface area contributed by atoms with Crippen LogP contribution in [0.4, 0.5) is 0 Å². The predicted octanol–water partition coefficient (Wildman–Crippen LogP) is 1.91. The van der Waals surface area contributed by atoms with Crippen molar-refractivity contribution in [3.8, 4) is 0 Å². The molecule has 0 atom stereocenters. The Labute approximate surface area is 54.8 Å². The van der Waals surface area contributed by atoms with Gasteiger partial charge >= 0.3 is 0 Å².